The second kappa shape index (κ2) is 4.70. The van der Waals surface area contributed by atoms with E-state index < -0.39 is 11.0 Å². The van der Waals surface area contributed by atoms with Crippen LogP contribution in [0, 0.1) is 16.0 Å². The maximum Gasteiger partial charge on any atom is 0.275 e. The molecule has 0 radical (unpaired) electrons. The van der Waals surface area contributed by atoms with Gasteiger partial charge in [0.25, 0.3) is 5.69 Å². The topological polar surface area (TPSA) is 63.4 Å². The first-order chi connectivity index (χ1) is 7.07. The normalized spacial score (nSPS) is 14.3. The van der Waals surface area contributed by atoms with E-state index in [0.717, 1.165) is 0 Å². The average molecular weight is 207 g/mol. The molecule has 0 spiro atoms. The molecule has 0 aromatic heterocycles. The van der Waals surface area contributed by atoms with Gasteiger partial charge < -0.3 is 5.11 Å². The Labute approximate surface area is 88.0 Å². The molecule has 0 fully saturated rings. The Kier molecular flexibility index (Phi) is 3.57. The summed E-state index contributed by atoms with van der Waals surface area (Å²) >= 11 is 0. The third kappa shape index (κ3) is 2.41. The summed E-state index contributed by atoms with van der Waals surface area (Å²) < 4.78 is 0. The summed E-state index contributed by atoms with van der Waals surface area (Å²) in [6, 6.07) is 6.19. The predicted molar refractivity (Wildman–Crippen MR) is 57.4 cm³/mol. The summed E-state index contributed by atoms with van der Waals surface area (Å²) in [7, 11) is 0. The number of hydrogen-bond donors (Lipinski definition) is 1. The van der Waals surface area contributed by atoms with Crippen molar-refractivity contribution >= 4 is 5.69 Å². The molecule has 0 bridgehead atoms. The predicted octanol–water partition coefficient (Wildman–Crippen LogP) is 2.45. The summed E-state index contributed by atoms with van der Waals surface area (Å²) in [5.74, 6) is -0.217. The molecule has 0 heterocycles. The van der Waals surface area contributed by atoms with E-state index in [4.69, 9.17) is 0 Å². The molecular weight excluding hydrogens is 194 g/mol. The Bertz CT molecular complexity index is 376. The third-order valence-electron chi connectivity index (χ3n) is 2.32. The Morgan fingerprint density at radius 3 is 2.67 bits per heavy atom. The van der Waals surface area contributed by atoms with E-state index in [1.54, 1.807) is 31.2 Å². The van der Waals surface area contributed by atoms with Crippen LogP contribution in [0.5, 0.6) is 0 Å². The standard InChI is InChI=1S/C11H13NO3/c1-3-8(2)11(13)9-6-4-5-7-10(9)12(14)15/h3-8,11,13H,1H2,2H3/t8-,11-/m1/s1. The van der Waals surface area contributed by atoms with Crippen LogP contribution in [-0.4, -0.2) is 10.0 Å². The monoisotopic (exact) mass is 207 g/mol. The molecule has 0 aliphatic carbocycles. The molecule has 0 amide bonds. The highest BCUT2D eigenvalue weighted by Crippen LogP contribution is 2.29. The molecule has 1 rings (SSSR count). The van der Waals surface area contributed by atoms with E-state index >= 15 is 0 Å². The number of nitro groups is 1. The van der Waals surface area contributed by atoms with Crippen molar-refractivity contribution in [2.45, 2.75) is 13.0 Å². The number of aliphatic hydroxyl groups is 1. The summed E-state index contributed by atoms with van der Waals surface area (Å²) in [6.45, 7) is 5.31. The lowest BCUT2D eigenvalue weighted by Gasteiger charge is -2.15. The average Bonchev–Trinajstić information content (AvgIpc) is 2.27. The van der Waals surface area contributed by atoms with Crippen LogP contribution in [0.15, 0.2) is 36.9 Å². The maximum atomic E-state index is 10.7. The zero-order chi connectivity index (χ0) is 11.4. The molecule has 0 saturated heterocycles. The summed E-state index contributed by atoms with van der Waals surface area (Å²) in [5, 5.41) is 20.5. The van der Waals surface area contributed by atoms with Gasteiger partial charge in [-0.15, -0.1) is 6.58 Å². The highest BCUT2D eigenvalue weighted by atomic mass is 16.6. The van der Waals surface area contributed by atoms with E-state index in [9.17, 15) is 15.2 Å². The number of nitrogens with zero attached hydrogens (tertiary/aromatic N) is 1. The molecule has 2 atom stereocenters. The van der Waals surface area contributed by atoms with Crippen LogP contribution < -0.4 is 0 Å². The molecule has 15 heavy (non-hydrogen) atoms. The third-order valence-corrected chi connectivity index (χ3v) is 2.32. The van der Waals surface area contributed by atoms with Gasteiger partial charge in [0.15, 0.2) is 0 Å². The Balaban J connectivity index is 3.12. The summed E-state index contributed by atoms with van der Waals surface area (Å²) in [6.07, 6.45) is 0.686. The van der Waals surface area contributed by atoms with E-state index in [2.05, 4.69) is 6.58 Å². The second-order valence-electron chi connectivity index (χ2n) is 3.36. The minimum atomic E-state index is -0.885. The highest BCUT2D eigenvalue weighted by Gasteiger charge is 2.22. The second-order valence-corrected chi connectivity index (χ2v) is 3.36. The van der Waals surface area contributed by atoms with Gasteiger partial charge >= 0.3 is 0 Å². The van der Waals surface area contributed by atoms with Crippen molar-refractivity contribution in [2.24, 2.45) is 5.92 Å². The molecule has 80 valence electrons. The first kappa shape index (κ1) is 11.4. The fraction of sp³-hybridized carbons (Fsp3) is 0.273. The van der Waals surface area contributed by atoms with Crippen molar-refractivity contribution in [3.63, 3.8) is 0 Å². The van der Waals surface area contributed by atoms with Gasteiger partial charge in [-0.1, -0.05) is 25.1 Å². The van der Waals surface area contributed by atoms with Crippen LogP contribution in [0.1, 0.15) is 18.6 Å². The zero-order valence-corrected chi connectivity index (χ0v) is 8.46. The lowest BCUT2D eigenvalue weighted by Crippen LogP contribution is -2.08. The summed E-state index contributed by atoms with van der Waals surface area (Å²) in [4.78, 5) is 10.2. The van der Waals surface area contributed by atoms with Gasteiger partial charge in [0, 0.05) is 12.0 Å². The molecule has 1 aromatic rings. The Hall–Kier alpha value is -1.68. The number of nitro benzene ring substituents is 1. The number of aliphatic hydroxyl groups excluding tert-OH is 1. The van der Waals surface area contributed by atoms with E-state index in [1.807, 2.05) is 0 Å². The van der Waals surface area contributed by atoms with Crippen molar-refractivity contribution in [1.82, 2.24) is 0 Å². The molecule has 0 saturated carbocycles. The van der Waals surface area contributed by atoms with Gasteiger partial charge in [-0.05, 0) is 6.07 Å². The van der Waals surface area contributed by atoms with Crippen molar-refractivity contribution in [1.29, 1.82) is 0 Å². The van der Waals surface area contributed by atoms with Crippen LogP contribution in [0.25, 0.3) is 0 Å². The van der Waals surface area contributed by atoms with Crippen molar-refractivity contribution in [3.8, 4) is 0 Å². The lowest BCUT2D eigenvalue weighted by molar-refractivity contribution is -0.386. The molecule has 1 N–H and O–H groups in total. The number of benzene rings is 1. The number of rotatable bonds is 4. The quantitative estimate of drug-likeness (QED) is 0.468. The molecule has 0 aliphatic rings. The van der Waals surface area contributed by atoms with Crippen LogP contribution in [0.2, 0.25) is 0 Å². The number of hydrogen-bond acceptors (Lipinski definition) is 3. The molecular formula is C11H13NO3. The lowest BCUT2D eigenvalue weighted by atomic mass is 9.96. The highest BCUT2D eigenvalue weighted by molar-refractivity contribution is 5.41. The van der Waals surface area contributed by atoms with Gasteiger partial charge in [0.1, 0.15) is 0 Å². The first-order valence-electron chi connectivity index (χ1n) is 4.62. The fourth-order valence-corrected chi connectivity index (χ4v) is 1.32. The van der Waals surface area contributed by atoms with Gasteiger partial charge in [-0.25, -0.2) is 0 Å². The van der Waals surface area contributed by atoms with Crippen LogP contribution in [0.3, 0.4) is 0 Å². The molecule has 0 unspecified atom stereocenters. The Morgan fingerprint density at radius 2 is 2.13 bits per heavy atom. The SMILES string of the molecule is C=C[C@@H](C)[C@@H](O)c1ccccc1[N+](=O)[O-]. The van der Waals surface area contributed by atoms with Crippen LogP contribution >= 0.6 is 0 Å². The van der Waals surface area contributed by atoms with Crippen molar-refractivity contribution < 1.29 is 10.0 Å². The zero-order valence-electron chi connectivity index (χ0n) is 8.46. The van der Waals surface area contributed by atoms with Crippen molar-refractivity contribution in [3.05, 3.63) is 52.6 Å². The first-order valence-corrected chi connectivity index (χ1v) is 4.62. The van der Waals surface area contributed by atoms with E-state index in [-0.39, 0.29) is 11.6 Å². The fourth-order valence-electron chi connectivity index (χ4n) is 1.32. The van der Waals surface area contributed by atoms with E-state index in [1.165, 1.54) is 6.07 Å². The van der Waals surface area contributed by atoms with Crippen molar-refractivity contribution in [2.75, 3.05) is 0 Å². The molecule has 4 nitrogen and oxygen atoms in total. The van der Waals surface area contributed by atoms with Gasteiger partial charge in [-0.2, -0.15) is 0 Å². The van der Waals surface area contributed by atoms with Gasteiger partial charge in [-0.3, -0.25) is 10.1 Å². The maximum absolute atomic E-state index is 10.7. The van der Waals surface area contributed by atoms with Gasteiger partial charge in [0.2, 0.25) is 0 Å². The molecule has 4 heteroatoms. The van der Waals surface area contributed by atoms with Crippen LogP contribution in [-0.2, 0) is 0 Å². The Morgan fingerprint density at radius 1 is 1.53 bits per heavy atom. The summed E-state index contributed by atoms with van der Waals surface area (Å²) in [5.41, 5.74) is 0.272. The number of para-hydroxylation sites is 1. The largest absolute Gasteiger partial charge is 0.388 e. The smallest absolute Gasteiger partial charge is 0.275 e. The molecule has 0 aliphatic heterocycles. The minimum Gasteiger partial charge on any atom is -0.388 e. The molecule has 1 aromatic carbocycles. The van der Waals surface area contributed by atoms with Crippen LogP contribution in [0.4, 0.5) is 5.69 Å². The minimum absolute atomic E-state index is 0.0568. The van der Waals surface area contributed by atoms with E-state index in [0.29, 0.717) is 5.56 Å². The van der Waals surface area contributed by atoms with Gasteiger partial charge in [0.05, 0.1) is 16.6 Å².